The number of aromatic nitrogens is 3. The van der Waals surface area contributed by atoms with Crippen LogP contribution in [-0.2, 0) is 11.2 Å². The summed E-state index contributed by atoms with van der Waals surface area (Å²) in [6.45, 7) is 5.08. The third-order valence-electron chi connectivity index (χ3n) is 4.56. The quantitative estimate of drug-likeness (QED) is 0.552. The maximum atomic E-state index is 12.9. The van der Waals surface area contributed by atoms with Gasteiger partial charge in [-0.15, -0.1) is 10.2 Å². The number of nitrogens with one attached hydrogen (secondary N) is 1. The fourth-order valence-electron chi connectivity index (χ4n) is 2.61. The smallest absolute Gasteiger partial charge is 0.456 e. The molecule has 0 saturated carbocycles. The fraction of sp³-hybridized carbons (Fsp3) is 0.476. The number of amides is 1. The predicted molar refractivity (Wildman–Crippen MR) is 107 cm³/mol. The molecule has 2 rings (SSSR count). The molecule has 2 heterocycles. The first-order chi connectivity index (χ1) is 15.2. The van der Waals surface area contributed by atoms with Crippen molar-refractivity contribution in [3.05, 3.63) is 46.9 Å². The summed E-state index contributed by atoms with van der Waals surface area (Å²) >= 11 is 0. The van der Waals surface area contributed by atoms with Crippen LogP contribution in [0, 0.1) is 12.8 Å². The van der Waals surface area contributed by atoms with E-state index in [-0.39, 0.29) is 23.8 Å². The summed E-state index contributed by atoms with van der Waals surface area (Å²) in [5.74, 6) is -6.41. The van der Waals surface area contributed by atoms with Gasteiger partial charge in [0.2, 0.25) is 5.88 Å². The minimum Gasteiger partial charge on any atom is -0.470 e. The number of pyridine rings is 1. The lowest BCUT2D eigenvalue weighted by Crippen LogP contribution is -2.41. The van der Waals surface area contributed by atoms with E-state index in [2.05, 4.69) is 25.2 Å². The molecule has 33 heavy (non-hydrogen) atoms. The number of carbonyl (C=O) groups is 2. The SMILES string of the molecule is Cc1cc(C(C)NC(=O)c2ccc(OCC(F)(F)C(F)(F)F)nn2)cc(CC(=O)C(C)C)n1. The van der Waals surface area contributed by atoms with Crippen molar-refractivity contribution in [2.24, 2.45) is 5.92 Å². The highest BCUT2D eigenvalue weighted by atomic mass is 19.4. The number of halogens is 5. The third kappa shape index (κ3) is 7.16. The van der Waals surface area contributed by atoms with Crippen molar-refractivity contribution in [2.45, 2.75) is 52.3 Å². The van der Waals surface area contributed by atoms with Crippen LogP contribution in [-0.4, -0.2) is 45.6 Å². The highest BCUT2D eigenvalue weighted by Crippen LogP contribution is 2.35. The summed E-state index contributed by atoms with van der Waals surface area (Å²) in [5, 5.41) is 9.55. The van der Waals surface area contributed by atoms with E-state index in [9.17, 15) is 31.5 Å². The second-order valence-corrected chi connectivity index (χ2v) is 7.77. The van der Waals surface area contributed by atoms with Crippen molar-refractivity contribution in [3.63, 3.8) is 0 Å². The summed E-state index contributed by atoms with van der Waals surface area (Å²) in [6, 6.07) is 5.00. The molecule has 180 valence electrons. The zero-order chi connectivity index (χ0) is 25.0. The highest BCUT2D eigenvalue weighted by Gasteiger charge is 2.58. The Balaban J connectivity index is 2.03. The van der Waals surface area contributed by atoms with Gasteiger partial charge in [-0.2, -0.15) is 22.0 Å². The normalized spacial score (nSPS) is 13.0. The van der Waals surface area contributed by atoms with Gasteiger partial charge in [-0.3, -0.25) is 14.6 Å². The second-order valence-electron chi connectivity index (χ2n) is 7.77. The Morgan fingerprint density at radius 2 is 1.73 bits per heavy atom. The van der Waals surface area contributed by atoms with Gasteiger partial charge in [-0.1, -0.05) is 13.8 Å². The number of rotatable bonds is 9. The van der Waals surface area contributed by atoms with E-state index in [0.717, 1.165) is 12.1 Å². The Hall–Kier alpha value is -3.18. The average molecular weight is 474 g/mol. The summed E-state index contributed by atoms with van der Waals surface area (Å²) in [5.41, 5.74) is 1.74. The molecule has 7 nitrogen and oxygen atoms in total. The van der Waals surface area contributed by atoms with Crippen LogP contribution < -0.4 is 10.1 Å². The summed E-state index contributed by atoms with van der Waals surface area (Å²) < 4.78 is 66.7. The van der Waals surface area contributed by atoms with Gasteiger partial charge in [0, 0.05) is 29.8 Å². The minimum atomic E-state index is -5.76. The van der Waals surface area contributed by atoms with Crippen LogP contribution in [0.2, 0.25) is 0 Å². The molecule has 0 bridgehead atoms. The summed E-state index contributed by atoms with van der Waals surface area (Å²) in [6.07, 6.45) is -5.60. The average Bonchev–Trinajstić information content (AvgIpc) is 2.71. The van der Waals surface area contributed by atoms with Crippen molar-refractivity contribution >= 4 is 11.7 Å². The first kappa shape index (κ1) is 26.1. The molecule has 1 unspecified atom stereocenters. The molecular formula is C21H23F5N4O3. The van der Waals surface area contributed by atoms with Gasteiger partial charge < -0.3 is 10.1 Å². The zero-order valence-electron chi connectivity index (χ0n) is 18.3. The standard InChI is InChI=1S/C21H23F5N4O3/c1-11(2)17(31)9-15-8-14(7-12(3)27-15)13(4)28-19(32)16-5-6-18(30-29-16)33-10-20(22,23)21(24,25)26/h5-8,11,13H,9-10H2,1-4H3,(H,28,32). The molecular weight excluding hydrogens is 451 g/mol. The number of hydrogen-bond acceptors (Lipinski definition) is 6. The minimum absolute atomic E-state index is 0.0290. The molecule has 1 N–H and O–H groups in total. The van der Waals surface area contributed by atoms with Gasteiger partial charge in [0.25, 0.3) is 5.91 Å². The monoisotopic (exact) mass is 474 g/mol. The molecule has 2 aromatic rings. The van der Waals surface area contributed by atoms with Crippen LogP contribution in [0.4, 0.5) is 22.0 Å². The van der Waals surface area contributed by atoms with Crippen LogP contribution in [0.1, 0.15) is 54.3 Å². The van der Waals surface area contributed by atoms with Gasteiger partial charge in [-0.05, 0) is 37.6 Å². The number of Topliss-reactive ketones (excluding diaryl/α,β-unsaturated/α-hetero) is 1. The Kier molecular flexibility index (Phi) is 8.04. The number of hydrogen-bond donors (Lipinski definition) is 1. The van der Waals surface area contributed by atoms with Crippen molar-refractivity contribution in [2.75, 3.05) is 6.61 Å². The Labute approximate surface area is 186 Å². The topological polar surface area (TPSA) is 94.1 Å². The largest absolute Gasteiger partial charge is 0.470 e. The third-order valence-corrected chi connectivity index (χ3v) is 4.56. The van der Waals surface area contributed by atoms with Crippen LogP contribution in [0.3, 0.4) is 0 Å². The summed E-state index contributed by atoms with van der Waals surface area (Å²) in [7, 11) is 0. The van der Waals surface area contributed by atoms with Gasteiger partial charge in [0.15, 0.2) is 12.3 Å². The number of ether oxygens (including phenoxy) is 1. The van der Waals surface area contributed by atoms with E-state index < -0.39 is 36.5 Å². The molecule has 0 spiro atoms. The fourth-order valence-corrected chi connectivity index (χ4v) is 2.61. The lowest BCUT2D eigenvalue weighted by Gasteiger charge is -2.19. The van der Waals surface area contributed by atoms with Crippen LogP contribution >= 0.6 is 0 Å². The molecule has 0 aliphatic carbocycles. The van der Waals surface area contributed by atoms with E-state index in [0.29, 0.717) is 17.0 Å². The van der Waals surface area contributed by atoms with Crippen molar-refractivity contribution in [1.29, 1.82) is 0 Å². The van der Waals surface area contributed by atoms with E-state index in [1.807, 2.05) is 0 Å². The lowest BCUT2D eigenvalue weighted by atomic mass is 10.0. The molecule has 1 atom stereocenters. The van der Waals surface area contributed by atoms with E-state index in [1.54, 1.807) is 39.8 Å². The van der Waals surface area contributed by atoms with Gasteiger partial charge in [0.1, 0.15) is 5.78 Å². The highest BCUT2D eigenvalue weighted by molar-refractivity contribution is 5.92. The molecule has 1 amide bonds. The van der Waals surface area contributed by atoms with Gasteiger partial charge in [0.05, 0.1) is 6.04 Å². The van der Waals surface area contributed by atoms with Crippen molar-refractivity contribution < 1.29 is 36.3 Å². The Bertz CT molecular complexity index is 994. The van der Waals surface area contributed by atoms with Crippen molar-refractivity contribution in [3.8, 4) is 5.88 Å². The van der Waals surface area contributed by atoms with E-state index >= 15 is 0 Å². The van der Waals surface area contributed by atoms with Crippen LogP contribution in [0.5, 0.6) is 5.88 Å². The molecule has 0 saturated heterocycles. The molecule has 0 fully saturated rings. The van der Waals surface area contributed by atoms with Crippen LogP contribution in [0.15, 0.2) is 24.3 Å². The maximum absolute atomic E-state index is 12.9. The number of aryl methyl sites for hydroxylation is 1. The number of ketones is 1. The zero-order valence-corrected chi connectivity index (χ0v) is 18.3. The molecule has 0 aliphatic rings. The second kappa shape index (κ2) is 10.2. The maximum Gasteiger partial charge on any atom is 0.456 e. The van der Waals surface area contributed by atoms with Crippen molar-refractivity contribution in [1.82, 2.24) is 20.5 Å². The lowest BCUT2D eigenvalue weighted by molar-refractivity contribution is -0.290. The van der Waals surface area contributed by atoms with Crippen LogP contribution in [0.25, 0.3) is 0 Å². The Morgan fingerprint density at radius 1 is 1.06 bits per heavy atom. The molecule has 0 aromatic carbocycles. The number of nitrogens with zero attached hydrogens (tertiary/aromatic N) is 3. The van der Waals surface area contributed by atoms with E-state index in [1.165, 1.54) is 0 Å². The molecule has 2 aromatic heterocycles. The van der Waals surface area contributed by atoms with Gasteiger partial charge in [-0.25, -0.2) is 0 Å². The molecule has 0 aliphatic heterocycles. The molecule has 12 heteroatoms. The Morgan fingerprint density at radius 3 is 2.27 bits per heavy atom. The predicted octanol–water partition coefficient (Wildman–Crippen LogP) is 4.02. The number of alkyl halides is 5. The first-order valence-electron chi connectivity index (χ1n) is 9.91. The van der Waals surface area contributed by atoms with Gasteiger partial charge >= 0.3 is 12.1 Å². The number of carbonyl (C=O) groups excluding carboxylic acids is 2. The van der Waals surface area contributed by atoms with E-state index in [4.69, 9.17) is 0 Å². The summed E-state index contributed by atoms with van der Waals surface area (Å²) in [4.78, 5) is 28.8. The molecule has 0 radical (unpaired) electrons. The first-order valence-corrected chi connectivity index (χ1v) is 9.91.